The number of carbonyl (C=O) groups excluding carboxylic acids is 2. The summed E-state index contributed by atoms with van der Waals surface area (Å²) >= 11 is 0. The average molecular weight is 323 g/mol. The summed E-state index contributed by atoms with van der Waals surface area (Å²) in [5, 5.41) is 2.99. The summed E-state index contributed by atoms with van der Waals surface area (Å²) < 4.78 is 0. The summed E-state index contributed by atoms with van der Waals surface area (Å²) in [5.41, 5.74) is 1.77. The van der Waals surface area contributed by atoms with Gasteiger partial charge in [0.25, 0.3) is 5.91 Å². The Morgan fingerprint density at radius 3 is 2.62 bits per heavy atom. The first-order valence-electron chi connectivity index (χ1n) is 8.25. The third-order valence-electron chi connectivity index (χ3n) is 4.29. The normalized spacial score (nSPS) is 16.8. The molecule has 1 atom stereocenters. The van der Waals surface area contributed by atoms with Crippen molar-refractivity contribution in [2.75, 3.05) is 13.1 Å². The lowest BCUT2D eigenvalue weighted by atomic mass is 10.1. The van der Waals surface area contributed by atoms with E-state index in [0.29, 0.717) is 25.1 Å². The smallest absolute Gasteiger partial charge is 0.251 e. The second-order valence-electron chi connectivity index (χ2n) is 6.02. The second-order valence-corrected chi connectivity index (χ2v) is 6.02. The summed E-state index contributed by atoms with van der Waals surface area (Å²) in [4.78, 5) is 30.2. The van der Waals surface area contributed by atoms with E-state index in [2.05, 4.69) is 10.3 Å². The lowest BCUT2D eigenvalue weighted by Gasteiger charge is -2.17. The van der Waals surface area contributed by atoms with Gasteiger partial charge in [-0.1, -0.05) is 30.3 Å². The molecule has 1 saturated heterocycles. The molecule has 2 amide bonds. The van der Waals surface area contributed by atoms with Crippen molar-refractivity contribution in [1.29, 1.82) is 0 Å². The van der Waals surface area contributed by atoms with Crippen LogP contribution in [-0.4, -0.2) is 40.8 Å². The molecule has 0 bridgehead atoms. The van der Waals surface area contributed by atoms with Crippen molar-refractivity contribution in [1.82, 2.24) is 15.2 Å². The Bertz CT molecular complexity index is 688. The SMILES string of the molecule is O=C(N[C@H]1CCN(C(=O)CCc2ccccc2)C1)c1ccncc1. The lowest BCUT2D eigenvalue weighted by Crippen LogP contribution is -2.38. The Kier molecular flexibility index (Phi) is 5.21. The number of rotatable bonds is 5. The van der Waals surface area contributed by atoms with Crippen molar-refractivity contribution in [2.24, 2.45) is 0 Å². The number of likely N-dealkylation sites (tertiary alicyclic amines) is 1. The van der Waals surface area contributed by atoms with Crippen LogP contribution in [0.25, 0.3) is 0 Å². The highest BCUT2D eigenvalue weighted by atomic mass is 16.2. The van der Waals surface area contributed by atoms with Crippen LogP contribution in [0.5, 0.6) is 0 Å². The molecular formula is C19H21N3O2. The number of carbonyl (C=O) groups is 2. The van der Waals surface area contributed by atoms with Gasteiger partial charge in [0.15, 0.2) is 0 Å². The monoisotopic (exact) mass is 323 g/mol. The predicted octanol–water partition coefficient (Wildman–Crippen LogP) is 2.05. The molecule has 0 spiro atoms. The van der Waals surface area contributed by atoms with Crippen LogP contribution in [0.2, 0.25) is 0 Å². The minimum atomic E-state index is -0.110. The molecule has 2 heterocycles. The molecule has 0 radical (unpaired) electrons. The number of hydrogen-bond donors (Lipinski definition) is 1. The van der Waals surface area contributed by atoms with Gasteiger partial charge in [0.1, 0.15) is 0 Å². The summed E-state index contributed by atoms with van der Waals surface area (Å²) in [6, 6.07) is 13.4. The van der Waals surface area contributed by atoms with E-state index in [0.717, 1.165) is 12.8 Å². The Hall–Kier alpha value is -2.69. The van der Waals surface area contributed by atoms with Crippen LogP contribution in [0.3, 0.4) is 0 Å². The molecular weight excluding hydrogens is 302 g/mol. The van der Waals surface area contributed by atoms with Crippen molar-refractivity contribution < 1.29 is 9.59 Å². The lowest BCUT2D eigenvalue weighted by molar-refractivity contribution is -0.130. The number of aromatic nitrogens is 1. The van der Waals surface area contributed by atoms with Gasteiger partial charge in [0.2, 0.25) is 5.91 Å². The Labute approximate surface area is 141 Å². The van der Waals surface area contributed by atoms with Gasteiger partial charge in [-0.2, -0.15) is 0 Å². The molecule has 1 aromatic carbocycles. The third-order valence-corrected chi connectivity index (χ3v) is 4.29. The number of nitrogens with one attached hydrogen (secondary N) is 1. The highest BCUT2D eigenvalue weighted by molar-refractivity contribution is 5.94. The van der Waals surface area contributed by atoms with Crippen molar-refractivity contribution in [3.05, 3.63) is 66.0 Å². The first kappa shape index (κ1) is 16.2. The Balaban J connectivity index is 1.46. The quantitative estimate of drug-likeness (QED) is 0.916. The molecule has 0 aliphatic carbocycles. The Morgan fingerprint density at radius 2 is 1.88 bits per heavy atom. The van der Waals surface area contributed by atoms with E-state index in [1.807, 2.05) is 35.2 Å². The van der Waals surface area contributed by atoms with Crippen LogP contribution < -0.4 is 5.32 Å². The van der Waals surface area contributed by atoms with Gasteiger partial charge < -0.3 is 10.2 Å². The molecule has 1 N–H and O–H groups in total. The molecule has 1 aliphatic rings. The Morgan fingerprint density at radius 1 is 1.12 bits per heavy atom. The van der Waals surface area contributed by atoms with Crippen molar-refractivity contribution in [3.63, 3.8) is 0 Å². The van der Waals surface area contributed by atoms with Crippen LogP contribution in [0.4, 0.5) is 0 Å². The molecule has 0 unspecified atom stereocenters. The van der Waals surface area contributed by atoms with Gasteiger partial charge in [-0.15, -0.1) is 0 Å². The van der Waals surface area contributed by atoms with Gasteiger partial charge >= 0.3 is 0 Å². The van der Waals surface area contributed by atoms with Crippen LogP contribution in [0.1, 0.15) is 28.8 Å². The fourth-order valence-corrected chi connectivity index (χ4v) is 2.93. The third kappa shape index (κ3) is 4.19. The van der Waals surface area contributed by atoms with E-state index in [1.54, 1.807) is 24.5 Å². The van der Waals surface area contributed by atoms with Crippen molar-refractivity contribution >= 4 is 11.8 Å². The van der Waals surface area contributed by atoms with Gasteiger partial charge in [0.05, 0.1) is 0 Å². The van der Waals surface area contributed by atoms with Gasteiger partial charge in [0, 0.05) is 43.5 Å². The van der Waals surface area contributed by atoms with Crippen LogP contribution in [-0.2, 0) is 11.2 Å². The fraction of sp³-hybridized carbons (Fsp3) is 0.316. The van der Waals surface area contributed by atoms with E-state index < -0.39 is 0 Å². The summed E-state index contributed by atoms with van der Waals surface area (Å²) in [6.07, 6.45) is 5.26. The number of amides is 2. The molecule has 124 valence electrons. The van der Waals surface area contributed by atoms with Gasteiger partial charge in [-0.05, 0) is 30.5 Å². The van der Waals surface area contributed by atoms with Crippen LogP contribution in [0.15, 0.2) is 54.9 Å². The number of nitrogens with zero attached hydrogens (tertiary/aromatic N) is 2. The molecule has 1 fully saturated rings. The molecule has 3 rings (SSSR count). The molecule has 5 heteroatoms. The molecule has 5 nitrogen and oxygen atoms in total. The van der Waals surface area contributed by atoms with Crippen LogP contribution >= 0.6 is 0 Å². The van der Waals surface area contributed by atoms with Crippen molar-refractivity contribution in [2.45, 2.75) is 25.3 Å². The summed E-state index contributed by atoms with van der Waals surface area (Å²) in [5.74, 6) is 0.0421. The van der Waals surface area contributed by atoms with E-state index >= 15 is 0 Å². The first-order valence-corrected chi connectivity index (χ1v) is 8.25. The second kappa shape index (κ2) is 7.73. The van der Waals surface area contributed by atoms with E-state index in [1.165, 1.54) is 5.56 Å². The zero-order valence-corrected chi connectivity index (χ0v) is 13.5. The molecule has 0 saturated carbocycles. The average Bonchev–Trinajstić information content (AvgIpc) is 3.10. The van der Waals surface area contributed by atoms with Crippen LogP contribution in [0, 0.1) is 0 Å². The highest BCUT2D eigenvalue weighted by Gasteiger charge is 2.27. The van der Waals surface area contributed by atoms with E-state index in [-0.39, 0.29) is 17.9 Å². The molecule has 1 aliphatic heterocycles. The molecule has 24 heavy (non-hydrogen) atoms. The van der Waals surface area contributed by atoms with Gasteiger partial charge in [-0.25, -0.2) is 0 Å². The topological polar surface area (TPSA) is 62.3 Å². The van der Waals surface area contributed by atoms with Crippen molar-refractivity contribution in [3.8, 4) is 0 Å². The number of aryl methyl sites for hydroxylation is 1. The first-order chi connectivity index (χ1) is 11.7. The minimum absolute atomic E-state index is 0.0198. The maximum atomic E-state index is 12.3. The number of hydrogen-bond acceptors (Lipinski definition) is 3. The standard InChI is InChI=1S/C19H21N3O2/c23-18(7-6-15-4-2-1-3-5-15)22-13-10-17(14-22)21-19(24)16-8-11-20-12-9-16/h1-5,8-9,11-12,17H,6-7,10,13-14H2,(H,21,24)/t17-/m0/s1. The zero-order chi connectivity index (χ0) is 16.8. The zero-order valence-electron chi connectivity index (χ0n) is 13.5. The van der Waals surface area contributed by atoms with E-state index in [9.17, 15) is 9.59 Å². The van der Waals surface area contributed by atoms with E-state index in [4.69, 9.17) is 0 Å². The number of pyridine rings is 1. The molecule has 1 aromatic heterocycles. The minimum Gasteiger partial charge on any atom is -0.347 e. The summed E-state index contributed by atoms with van der Waals surface area (Å²) in [7, 11) is 0. The molecule has 2 aromatic rings. The predicted molar refractivity (Wildman–Crippen MR) is 91.5 cm³/mol. The summed E-state index contributed by atoms with van der Waals surface area (Å²) in [6.45, 7) is 1.29. The number of benzene rings is 1. The largest absolute Gasteiger partial charge is 0.347 e. The maximum absolute atomic E-state index is 12.3. The van der Waals surface area contributed by atoms with Gasteiger partial charge in [-0.3, -0.25) is 14.6 Å². The fourth-order valence-electron chi connectivity index (χ4n) is 2.93. The maximum Gasteiger partial charge on any atom is 0.251 e. The highest BCUT2D eigenvalue weighted by Crippen LogP contribution is 2.13.